The highest BCUT2D eigenvalue weighted by Gasteiger charge is 2.14. The van der Waals surface area contributed by atoms with Gasteiger partial charge in [-0.2, -0.15) is 0 Å². The van der Waals surface area contributed by atoms with E-state index in [1.807, 2.05) is 6.92 Å². The van der Waals surface area contributed by atoms with Crippen molar-refractivity contribution in [3.05, 3.63) is 54.0 Å². The van der Waals surface area contributed by atoms with Gasteiger partial charge in [0.15, 0.2) is 0 Å². The maximum absolute atomic E-state index is 12.0. The second-order valence-corrected chi connectivity index (χ2v) is 6.80. The molecule has 0 bridgehead atoms. The van der Waals surface area contributed by atoms with Crippen molar-refractivity contribution < 1.29 is 17.6 Å². The van der Waals surface area contributed by atoms with Crippen LogP contribution in [0, 0.1) is 0 Å². The second-order valence-electron chi connectivity index (χ2n) is 5.04. The average Bonchev–Trinajstić information content (AvgIpc) is 3.06. The van der Waals surface area contributed by atoms with Crippen LogP contribution in [0.2, 0.25) is 0 Å². The van der Waals surface area contributed by atoms with Crippen LogP contribution in [0.1, 0.15) is 35.9 Å². The van der Waals surface area contributed by atoms with Gasteiger partial charge in [-0.15, -0.1) is 0 Å². The fraction of sp³-hybridized carbons (Fsp3) is 0.312. The van der Waals surface area contributed by atoms with Crippen LogP contribution in [0.5, 0.6) is 0 Å². The summed E-state index contributed by atoms with van der Waals surface area (Å²) < 4.78 is 31.7. The van der Waals surface area contributed by atoms with Gasteiger partial charge >= 0.3 is 0 Å². The number of carbonyl (C=O) groups excluding carboxylic acids is 1. The zero-order valence-electron chi connectivity index (χ0n) is 12.9. The highest BCUT2D eigenvalue weighted by Crippen LogP contribution is 2.11. The van der Waals surface area contributed by atoms with Crippen LogP contribution in [0.15, 0.2) is 52.0 Å². The molecule has 0 atom stereocenters. The number of nitrogens with one attached hydrogen (secondary N) is 2. The van der Waals surface area contributed by atoms with Crippen molar-refractivity contribution in [2.24, 2.45) is 0 Å². The molecule has 2 rings (SSSR count). The van der Waals surface area contributed by atoms with Crippen LogP contribution in [-0.4, -0.2) is 20.9 Å². The largest absolute Gasteiger partial charge is 0.467 e. The monoisotopic (exact) mass is 336 g/mol. The number of sulfonamides is 1. The third kappa shape index (κ3) is 4.94. The molecular formula is C16H20N2O4S. The summed E-state index contributed by atoms with van der Waals surface area (Å²) in [7, 11) is -3.52. The van der Waals surface area contributed by atoms with Crippen LogP contribution in [0.3, 0.4) is 0 Å². The number of furan rings is 1. The van der Waals surface area contributed by atoms with Gasteiger partial charge in [0, 0.05) is 12.1 Å². The van der Waals surface area contributed by atoms with E-state index in [1.54, 1.807) is 12.1 Å². The molecule has 1 heterocycles. The van der Waals surface area contributed by atoms with E-state index in [4.69, 9.17) is 4.42 Å². The molecule has 0 saturated heterocycles. The van der Waals surface area contributed by atoms with Crippen LogP contribution in [-0.2, 0) is 16.6 Å². The summed E-state index contributed by atoms with van der Waals surface area (Å²) in [6.07, 6.45) is 3.23. The Hall–Kier alpha value is -2.12. The van der Waals surface area contributed by atoms with E-state index in [9.17, 15) is 13.2 Å². The Labute approximate surface area is 135 Å². The minimum atomic E-state index is -3.52. The Morgan fingerprint density at radius 1 is 1.17 bits per heavy atom. The molecule has 0 aliphatic carbocycles. The molecule has 0 radical (unpaired) electrons. The number of benzene rings is 1. The minimum absolute atomic E-state index is 0.149. The molecular weight excluding hydrogens is 316 g/mol. The predicted octanol–water partition coefficient (Wildman–Crippen LogP) is 2.29. The summed E-state index contributed by atoms with van der Waals surface area (Å²) in [6.45, 7) is 2.68. The molecule has 2 aromatic rings. The molecule has 6 nitrogen and oxygen atoms in total. The van der Waals surface area contributed by atoms with E-state index in [2.05, 4.69) is 10.0 Å². The summed E-state index contributed by atoms with van der Waals surface area (Å²) in [4.78, 5) is 12.1. The minimum Gasteiger partial charge on any atom is -0.467 e. The third-order valence-electron chi connectivity index (χ3n) is 3.25. The van der Waals surface area contributed by atoms with Crippen molar-refractivity contribution in [1.82, 2.24) is 10.0 Å². The Morgan fingerprint density at radius 3 is 2.52 bits per heavy atom. The Bertz CT molecular complexity index is 722. The maximum Gasteiger partial charge on any atom is 0.251 e. The Morgan fingerprint density at radius 2 is 1.91 bits per heavy atom. The van der Waals surface area contributed by atoms with Gasteiger partial charge in [0.25, 0.3) is 5.91 Å². The van der Waals surface area contributed by atoms with E-state index in [1.165, 1.54) is 30.5 Å². The van der Waals surface area contributed by atoms with Crippen molar-refractivity contribution in [1.29, 1.82) is 0 Å². The SMILES string of the molecule is CCCCNS(=O)(=O)c1ccc(C(=O)NCc2ccco2)cc1. The molecule has 1 aromatic heterocycles. The van der Waals surface area contributed by atoms with E-state index in [-0.39, 0.29) is 17.3 Å². The van der Waals surface area contributed by atoms with Gasteiger partial charge in [0.05, 0.1) is 17.7 Å². The molecule has 124 valence electrons. The molecule has 2 N–H and O–H groups in total. The van der Waals surface area contributed by atoms with Crippen LogP contribution in [0.25, 0.3) is 0 Å². The molecule has 0 saturated carbocycles. The van der Waals surface area contributed by atoms with Crippen molar-refractivity contribution in [3.63, 3.8) is 0 Å². The van der Waals surface area contributed by atoms with Crippen molar-refractivity contribution in [2.75, 3.05) is 6.54 Å². The fourth-order valence-electron chi connectivity index (χ4n) is 1.93. The molecule has 23 heavy (non-hydrogen) atoms. The second kappa shape index (κ2) is 7.94. The summed E-state index contributed by atoms with van der Waals surface area (Å²) >= 11 is 0. The van der Waals surface area contributed by atoms with Gasteiger partial charge in [-0.1, -0.05) is 13.3 Å². The summed E-state index contributed by atoms with van der Waals surface area (Å²) in [6, 6.07) is 9.34. The number of rotatable bonds is 8. The average molecular weight is 336 g/mol. The molecule has 0 aliphatic heterocycles. The van der Waals surface area contributed by atoms with E-state index in [0.717, 1.165) is 12.8 Å². The van der Waals surface area contributed by atoms with Gasteiger partial charge in [0.2, 0.25) is 10.0 Å². The van der Waals surface area contributed by atoms with Crippen molar-refractivity contribution >= 4 is 15.9 Å². The molecule has 1 aromatic carbocycles. The molecule has 0 unspecified atom stereocenters. The maximum atomic E-state index is 12.0. The first-order valence-electron chi connectivity index (χ1n) is 7.43. The van der Waals surface area contributed by atoms with Crippen LogP contribution >= 0.6 is 0 Å². The lowest BCUT2D eigenvalue weighted by Crippen LogP contribution is -2.25. The lowest BCUT2D eigenvalue weighted by atomic mass is 10.2. The van der Waals surface area contributed by atoms with Gasteiger partial charge < -0.3 is 9.73 Å². The normalized spacial score (nSPS) is 11.3. The van der Waals surface area contributed by atoms with Gasteiger partial charge in [-0.05, 0) is 42.8 Å². The molecule has 0 fully saturated rings. The molecule has 7 heteroatoms. The first kappa shape index (κ1) is 17.2. The zero-order valence-corrected chi connectivity index (χ0v) is 13.7. The van der Waals surface area contributed by atoms with Gasteiger partial charge in [0.1, 0.15) is 5.76 Å². The van der Waals surface area contributed by atoms with E-state index >= 15 is 0 Å². The zero-order chi connectivity index (χ0) is 16.7. The van der Waals surface area contributed by atoms with Crippen molar-refractivity contribution in [2.45, 2.75) is 31.2 Å². The number of unbranched alkanes of at least 4 members (excludes halogenated alkanes) is 1. The van der Waals surface area contributed by atoms with Crippen LogP contribution < -0.4 is 10.0 Å². The van der Waals surface area contributed by atoms with Crippen molar-refractivity contribution in [3.8, 4) is 0 Å². The summed E-state index contributed by atoms with van der Waals surface area (Å²) in [5, 5.41) is 2.70. The number of amides is 1. The van der Waals surface area contributed by atoms with Crippen LogP contribution in [0.4, 0.5) is 0 Å². The number of hydrogen-bond donors (Lipinski definition) is 2. The highest BCUT2D eigenvalue weighted by atomic mass is 32.2. The van der Waals surface area contributed by atoms with Gasteiger partial charge in [-0.3, -0.25) is 4.79 Å². The first-order chi connectivity index (χ1) is 11.0. The number of carbonyl (C=O) groups is 1. The third-order valence-corrected chi connectivity index (χ3v) is 4.73. The van der Waals surface area contributed by atoms with Gasteiger partial charge in [-0.25, -0.2) is 13.1 Å². The first-order valence-corrected chi connectivity index (χ1v) is 8.91. The summed E-state index contributed by atoms with van der Waals surface area (Å²) in [5.74, 6) is 0.363. The molecule has 0 spiro atoms. The lowest BCUT2D eigenvalue weighted by Gasteiger charge is -2.07. The summed E-state index contributed by atoms with van der Waals surface area (Å²) in [5.41, 5.74) is 0.393. The fourth-order valence-corrected chi connectivity index (χ4v) is 3.01. The Kier molecular flexibility index (Phi) is 5.95. The topological polar surface area (TPSA) is 88.4 Å². The lowest BCUT2D eigenvalue weighted by molar-refractivity contribution is 0.0948. The number of hydrogen-bond acceptors (Lipinski definition) is 4. The predicted molar refractivity (Wildman–Crippen MR) is 86.4 cm³/mol. The quantitative estimate of drug-likeness (QED) is 0.724. The van der Waals surface area contributed by atoms with E-state index in [0.29, 0.717) is 17.9 Å². The Balaban J connectivity index is 1.96. The molecule has 0 aliphatic rings. The van der Waals surface area contributed by atoms with E-state index < -0.39 is 10.0 Å². The molecule has 1 amide bonds. The highest BCUT2D eigenvalue weighted by molar-refractivity contribution is 7.89. The smallest absolute Gasteiger partial charge is 0.251 e. The standard InChI is InChI=1S/C16H20N2O4S/c1-2-3-10-18-23(20,21)15-8-6-13(7-9-15)16(19)17-12-14-5-4-11-22-14/h4-9,11,18H,2-3,10,12H2,1H3,(H,17,19).